The normalized spacial score (nSPS) is 13.6. The molecular weight excluding hydrogens is 759 g/mol. The van der Waals surface area contributed by atoms with Crippen molar-refractivity contribution in [1.82, 2.24) is 4.90 Å². The van der Waals surface area contributed by atoms with E-state index in [9.17, 15) is 24.9 Å². The van der Waals surface area contributed by atoms with E-state index in [1.54, 1.807) is 0 Å². The van der Waals surface area contributed by atoms with E-state index < -0.39 is 24.5 Å². The van der Waals surface area contributed by atoms with E-state index >= 15 is 0 Å². The molecule has 0 heterocycles. The lowest BCUT2D eigenvalue weighted by Gasteiger charge is -2.27. The highest BCUT2D eigenvalue weighted by atomic mass is 16.7. The van der Waals surface area contributed by atoms with Crippen molar-refractivity contribution < 1.29 is 43.9 Å². The first-order valence-corrected chi connectivity index (χ1v) is 25.6. The zero-order valence-electron chi connectivity index (χ0n) is 39.8. The fourth-order valence-electron chi connectivity index (χ4n) is 7.88. The molecule has 3 N–H and O–H groups in total. The highest BCUT2D eigenvalue weighted by Crippen LogP contribution is 2.19. The summed E-state index contributed by atoms with van der Waals surface area (Å²) in [5, 5.41) is 31.1. The maximum absolute atomic E-state index is 12.6. The summed E-state index contributed by atoms with van der Waals surface area (Å²) < 4.78 is 22.4. The van der Waals surface area contributed by atoms with Crippen LogP contribution in [-0.2, 0) is 18.9 Å². The molecule has 0 fully saturated rings. The van der Waals surface area contributed by atoms with Crippen molar-refractivity contribution >= 4 is 12.3 Å². The van der Waals surface area contributed by atoms with Crippen molar-refractivity contribution in [3.8, 4) is 0 Å². The smallest absolute Gasteiger partial charge is 0.434 e. The van der Waals surface area contributed by atoms with Crippen LogP contribution in [0.4, 0.5) is 9.59 Å². The maximum Gasteiger partial charge on any atom is 0.508 e. The van der Waals surface area contributed by atoms with Crippen LogP contribution < -0.4 is 0 Å². The second-order valence-corrected chi connectivity index (χ2v) is 17.7. The van der Waals surface area contributed by atoms with Crippen molar-refractivity contribution in [2.75, 3.05) is 39.5 Å². The zero-order valence-corrected chi connectivity index (χ0v) is 39.8. The predicted octanol–water partition coefficient (Wildman–Crippen LogP) is 13.4. The molecule has 0 amide bonds. The van der Waals surface area contributed by atoms with Gasteiger partial charge >= 0.3 is 12.3 Å². The van der Waals surface area contributed by atoms with Gasteiger partial charge in [-0.05, 0) is 116 Å². The minimum absolute atomic E-state index is 0.0785. The van der Waals surface area contributed by atoms with Crippen LogP contribution in [0.3, 0.4) is 0 Å². The first-order valence-electron chi connectivity index (χ1n) is 25.6. The highest BCUT2D eigenvalue weighted by Gasteiger charge is 2.19. The van der Waals surface area contributed by atoms with Gasteiger partial charge in [0.25, 0.3) is 0 Å². The van der Waals surface area contributed by atoms with Crippen LogP contribution in [0.5, 0.6) is 0 Å². The summed E-state index contributed by atoms with van der Waals surface area (Å²) in [6.45, 7) is 11.2. The number of unbranched alkanes of at least 4 members (excludes halogenated alkanes) is 21. The quantitative estimate of drug-likeness (QED) is 0.0401. The standard InChI is InChI=1S/C50H99NO9/c1-5-9-13-17-20-25-37-47(35-23-16-12-8-4)59-49(55)57-41-31-27-33-45(53)43-51(39-29-22-30-40-52)44-46(54)34-28-32-42-58-50(56)60-48(36-24-19-15-11-7-3)38-26-21-18-14-10-6-2/h45-48,52-54H,5-44H2,1-4H3. The molecule has 0 aliphatic rings. The number of aliphatic hydroxyl groups is 3. The highest BCUT2D eigenvalue weighted by molar-refractivity contribution is 5.60. The zero-order chi connectivity index (χ0) is 44.2. The molecule has 0 aliphatic heterocycles. The molecule has 10 heteroatoms. The maximum atomic E-state index is 12.6. The summed E-state index contributed by atoms with van der Waals surface area (Å²) in [6, 6.07) is 0. The number of nitrogens with zero attached hydrogens (tertiary/aromatic N) is 1. The molecule has 0 radical (unpaired) electrons. The molecule has 0 spiro atoms. The molecular formula is C50H99NO9. The Morgan fingerprint density at radius 3 is 1.10 bits per heavy atom. The molecule has 0 saturated carbocycles. The van der Waals surface area contributed by atoms with Gasteiger partial charge in [-0.3, -0.25) is 4.90 Å². The van der Waals surface area contributed by atoms with E-state index in [4.69, 9.17) is 18.9 Å². The van der Waals surface area contributed by atoms with Crippen LogP contribution in [0.1, 0.15) is 246 Å². The van der Waals surface area contributed by atoms with Gasteiger partial charge in [0.05, 0.1) is 25.4 Å². The number of hydrogen-bond donors (Lipinski definition) is 3. The van der Waals surface area contributed by atoms with Crippen LogP contribution >= 0.6 is 0 Å². The van der Waals surface area contributed by atoms with Gasteiger partial charge < -0.3 is 34.3 Å². The van der Waals surface area contributed by atoms with Gasteiger partial charge in [-0.2, -0.15) is 0 Å². The van der Waals surface area contributed by atoms with Gasteiger partial charge in [0.2, 0.25) is 0 Å². The van der Waals surface area contributed by atoms with Crippen LogP contribution in [0.15, 0.2) is 0 Å². The minimum atomic E-state index is -0.576. The fourth-order valence-corrected chi connectivity index (χ4v) is 7.88. The van der Waals surface area contributed by atoms with Gasteiger partial charge in [0, 0.05) is 19.7 Å². The largest absolute Gasteiger partial charge is 0.508 e. The van der Waals surface area contributed by atoms with Crippen molar-refractivity contribution in [3.63, 3.8) is 0 Å². The molecule has 0 aromatic rings. The molecule has 0 aliphatic carbocycles. The number of ether oxygens (including phenoxy) is 4. The number of carbonyl (C=O) groups is 2. The third-order valence-corrected chi connectivity index (χ3v) is 11.7. The number of rotatable bonds is 46. The average Bonchev–Trinajstić information content (AvgIpc) is 3.22. The Labute approximate surface area is 370 Å². The summed E-state index contributed by atoms with van der Waals surface area (Å²) in [4.78, 5) is 27.2. The van der Waals surface area contributed by atoms with Crippen LogP contribution in [0.25, 0.3) is 0 Å². The summed E-state index contributed by atoms with van der Waals surface area (Å²) in [5.41, 5.74) is 0. The molecule has 4 atom stereocenters. The van der Waals surface area contributed by atoms with Gasteiger partial charge in [-0.15, -0.1) is 0 Å². The number of aliphatic hydroxyl groups excluding tert-OH is 3. The van der Waals surface area contributed by atoms with E-state index in [0.717, 1.165) is 96.4 Å². The Hall–Kier alpha value is -1.62. The Morgan fingerprint density at radius 2 is 0.733 bits per heavy atom. The molecule has 60 heavy (non-hydrogen) atoms. The fraction of sp³-hybridized carbons (Fsp3) is 0.960. The SMILES string of the molecule is CCCCCCCCC(CCCCCC)OC(=O)OCCCCC(O)CN(CCCCCO)CC(O)CCCCOC(=O)OC(CCCCCCC)CCCCCCCC. The Morgan fingerprint density at radius 1 is 0.417 bits per heavy atom. The molecule has 0 bridgehead atoms. The van der Waals surface area contributed by atoms with Crippen molar-refractivity contribution in [1.29, 1.82) is 0 Å². The first-order chi connectivity index (χ1) is 29.3. The molecule has 0 saturated heterocycles. The summed E-state index contributed by atoms with van der Waals surface area (Å²) >= 11 is 0. The van der Waals surface area contributed by atoms with Gasteiger partial charge in [-0.25, -0.2) is 9.59 Å². The number of carbonyl (C=O) groups excluding carboxylic acids is 2. The monoisotopic (exact) mass is 858 g/mol. The Balaban J connectivity index is 4.61. The predicted molar refractivity (Wildman–Crippen MR) is 248 cm³/mol. The third kappa shape index (κ3) is 40.5. The lowest BCUT2D eigenvalue weighted by Crippen LogP contribution is -2.38. The third-order valence-electron chi connectivity index (χ3n) is 11.7. The van der Waals surface area contributed by atoms with Gasteiger partial charge in [0.15, 0.2) is 0 Å². The topological polar surface area (TPSA) is 135 Å². The van der Waals surface area contributed by atoms with E-state index in [0.29, 0.717) is 38.8 Å². The lowest BCUT2D eigenvalue weighted by molar-refractivity contribution is 0.0142. The average molecular weight is 858 g/mol. The number of hydrogen-bond acceptors (Lipinski definition) is 10. The molecule has 4 unspecified atom stereocenters. The second kappa shape index (κ2) is 45.4. The van der Waals surface area contributed by atoms with Crippen LogP contribution in [-0.4, -0.2) is 96.4 Å². The van der Waals surface area contributed by atoms with Crippen LogP contribution in [0, 0.1) is 0 Å². The Bertz CT molecular complexity index is 909. The van der Waals surface area contributed by atoms with E-state index in [2.05, 4.69) is 32.6 Å². The van der Waals surface area contributed by atoms with E-state index in [-0.39, 0.29) is 32.0 Å². The first kappa shape index (κ1) is 58.4. The second-order valence-electron chi connectivity index (χ2n) is 17.7. The Kier molecular flexibility index (Phi) is 44.2. The van der Waals surface area contributed by atoms with Gasteiger partial charge in [-0.1, -0.05) is 137 Å². The molecule has 10 nitrogen and oxygen atoms in total. The molecule has 358 valence electrons. The van der Waals surface area contributed by atoms with E-state index in [1.165, 1.54) is 103 Å². The minimum Gasteiger partial charge on any atom is -0.434 e. The van der Waals surface area contributed by atoms with Crippen molar-refractivity contribution in [2.24, 2.45) is 0 Å². The lowest BCUT2D eigenvalue weighted by atomic mass is 10.0. The van der Waals surface area contributed by atoms with Crippen LogP contribution in [0.2, 0.25) is 0 Å². The summed E-state index contributed by atoms with van der Waals surface area (Å²) in [6.07, 6.45) is 32.7. The van der Waals surface area contributed by atoms with E-state index in [1.807, 2.05) is 0 Å². The summed E-state index contributed by atoms with van der Waals surface area (Å²) in [5.74, 6) is 0. The molecule has 0 aromatic heterocycles. The van der Waals surface area contributed by atoms with Crippen molar-refractivity contribution in [2.45, 2.75) is 270 Å². The molecule has 0 aromatic carbocycles. The van der Waals surface area contributed by atoms with Crippen molar-refractivity contribution in [3.05, 3.63) is 0 Å². The summed E-state index contributed by atoms with van der Waals surface area (Å²) in [7, 11) is 0. The molecule has 0 rings (SSSR count). The van der Waals surface area contributed by atoms with Gasteiger partial charge in [0.1, 0.15) is 12.2 Å².